The average molecular weight is 492 g/mol. The smallest absolute Gasteiger partial charge is 0.245 e. The van der Waals surface area contributed by atoms with Crippen LogP contribution in [0.1, 0.15) is 30.1 Å². The summed E-state index contributed by atoms with van der Waals surface area (Å²) >= 11 is 0. The summed E-state index contributed by atoms with van der Waals surface area (Å²) in [4.78, 5) is 19.2. The second-order valence-electron chi connectivity index (χ2n) is 10.9. The molecule has 3 aromatic heterocycles. The monoisotopic (exact) mass is 491 g/mol. The summed E-state index contributed by atoms with van der Waals surface area (Å²) in [7, 11) is 4.09. The number of aryl methyl sites for hydroxylation is 2. The molecule has 1 amide bonds. The van der Waals surface area contributed by atoms with Crippen LogP contribution in [0.2, 0.25) is 0 Å². The third-order valence-electron chi connectivity index (χ3n) is 8.35. The SMILES string of the molecule is C=CC(=O)N1CC2(CC(c3nc(-c4ccc5nn(C)cc5c4)c(-c4c(C)ccc5[nH]ncc45)n3C)C2)C1. The first kappa shape index (κ1) is 22.0. The van der Waals surface area contributed by atoms with E-state index in [1.807, 2.05) is 29.0 Å². The minimum atomic E-state index is 0.0325. The zero-order valence-electron chi connectivity index (χ0n) is 21.3. The third kappa shape index (κ3) is 3.21. The van der Waals surface area contributed by atoms with Gasteiger partial charge in [0.25, 0.3) is 0 Å². The highest BCUT2D eigenvalue weighted by Gasteiger charge is 2.54. The lowest BCUT2D eigenvalue weighted by atomic mass is 9.57. The third-order valence-corrected chi connectivity index (χ3v) is 8.35. The number of nitrogens with zero attached hydrogens (tertiary/aromatic N) is 6. The molecule has 1 saturated heterocycles. The van der Waals surface area contributed by atoms with Crippen molar-refractivity contribution in [2.45, 2.75) is 25.7 Å². The minimum absolute atomic E-state index is 0.0325. The molecule has 2 aliphatic rings. The van der Waals surface area contributed by atoms with Crippen LogP contribution in [0.25, 0.3) is 44.3 Å². The van der Waals surface area contributed by atoms with E-state index >= 15 is 0 Å². The molecule has 7 rings (SSSR count). The fraction of sp³-hybridized carbons (Fsp3) is 0.310. The maximum Gasteiger partial charge on any atom is 0.245 e. The van der Waals surface area contributed by atoms with Gasteiger partial charge in [-0.3, -0.25) is 14.6 Å². The van der Waals surface area contributed by atoms with Gasteiger partial charge < -0.3 is 9.47 Å². The van der Waals surface area contributed by atoms with E-state index in [2.05, 4.69) is 70.7 Å². The van der Waals surface area contributed by atoms with Gasteiger partial charge in [-0.15, -0.1) is 0 Å². The Balaban J connectivity index is 1.34. The average Bonchev–Trinajstić information content (AvgIpc) is 3.53. The van der Waals surface area contributed by atoms with Crippen molar-refractivity contribution in [1.29, 1.82) is 0 Å². The predicted octanol–water partition coefficient (Wildman–Crippen LogP) is 4.72. The van der Waals surface area contributed by atoms with Crippen LogP contribution in [-0.4, -0.2) is 53.4 Å². The van der Waals surface area contributed by atoms with E-state index < -0.39 is 0 Å². The maximum atomic E-state index is 12.0. The van der Waals surface area contributed by atoms with Crippen molar-refractivity contribution < 1.29 is 4.79 Å². The predicted molar refractivity (Wildman–Crippen MR) is 144 cm³/mol. The number of imidazole rings is 1. The molecule has 1 N–H and O–H groups in total. The standard InChI is InChI=1S/C29H29N7O/c1-5-24(37)36-15-29(16-36)11-20(12-29)28-31-26(18-7-9-22-19(10-18)14-34(3)33-22)27(35(28)4)25-17(2)6-8-23-21(25)13-30-32-23/h5-10,13-14,20H,1,11-12,15-16H2,2-4H3,(H,30,32). The van der Waals surface area contributed by atoms with E-state index in [-0.39, 0.29) is 11.3 Å². The highest BCUT2D eigenvalue weighted by atomic mass is 16.2. The summed E-state index contributed by atoms with van der Waals surface area (Å²) in [6.45, 7) is 7.43. The number of aromatic amines is 1. The topological polar surface area (TPSA) is 84.6 Å². The van der Waals surface area contributed by atoms with Crippen LogP contribution < -0.4 is 0 Å². The lowest BCUT2D eigenvalue weighted by Crippen LogP contribution is -2.63. The molecule has 8 nitrogen and oxygen atoms in total. The van der Waals surface area contributed by atoms with Crippen LogP contribution in [-0.2, 0) is 18.9 Å². The number of nitrogens with one attached hydrogen (secondary N) is 1. The molecule has 1 aliphatic carbocycles. The van der Waals surface area contributed by atoms with Crippen LogP contribution in [0, 0.1) is 12.3 Å². The number of aromatic nitrogens is 6. The molecule has 1 saturated carbocycles. The summed E-state index contributed by atoms with van der Waals surface area (Å²) in [6, 6.07) is 10.6. The van der Waals surface area contributed by atoms with Crippen LogP contribution >= 0.6 is 0 Å². The quantitative estimate of drug-likeness (QED) is 0.369. The van der Waals surface area contributed by atoms with E-state index in [9.17, 15) is 4.79 Å². The van der Waals surface area contributed by atoms with Gasteiger partial charge in [-0.05, 0) is 49.6 Å². The number of H-pyrrole nitrogens is 1. The number of fused-ring (bicyclic) bond motifs is 2. The van der Waals surface area contributed by atoms with Crippen molar-refractivity contribution >= 4 is 27.7 Å². The molecule has 0 radical (unpaired) electrons. The molecule has 4 heterocycles. The lowest BCUT2D eigenvalue weighted by Gasteiger charge is -2.58. The van der Waals surface area contributed by atoms with E-state index in [0.29, 0.717) is 5.92 Å². The molecule has 2 fully saturated rings. The Bertz CT molecular complexity index is 1720. The molecule has 5 aromatic rings. The van der Waals surface area contributed by atoms with Gasteiger partial charge >= 0.3 is 0 Å². The lowest BCUT2D eigenvalue weighted by molar-refractivity contribution is -0.146. The zero-order valence-corrected chi connectivity index (χ0v) is 21.3. The molecule has 0 unspecified atom stereocenters. The fourth-order valence-corrected chi connectivity index (χ4v) is 6.58. The van der Waals surface area contributed by atoms with Crippen LogP contribution in [0.5, 0.6) is 0 Å². The molecule has 1 spiro atoms. The summed E-state index contributed by atoms with van der Waals surface area (Å²) in [5.41, 5.74) is 7.74. The van der Waals surface area contributed by atoms with Crippen molar-refractivity contribution in [2.24, 2.45) is 19.5 Å². The summed E-state index contributed by atoms with van der Waals surface area (Å²) in [5, 5.41) is 14.2. The number of carbonyl (C=O) groups excluding carboxylic acids is 1. The molecule has 0 atom stereocenters. The van der Waals surface area contributed by atoms with Gasteiger partial charge in [0.15, 0.2) is 0 Å². The van der Waals surface area contributed by atoms with Crippen molar-refractivity contribution in [3.8, 4) is 22.5 Å². The number of carbonyl (C=O) groups is 1. The maximum absolute atomic E-state index is 12.0. The second-order valence-corrected chi connectivity index (χ2v) is 10.9. The fourth-order valence-electron chi connectivity index (χ4n) is 6.58. The highest BCUT2D eigenvalue weighted by molar-refractivity contribution is 5.99. The molecule has 2 aromatic carbocycles. The largest absolute Gasteiger partial charge is 0.338 e. The Kier molecular flexibility index (Phi) is 4.55. The normalized spacial score (nSPS) is 16.9. The van der Waals surface area contributed by atoms with Gasteiger partial charge in [0.1, 0.15) is 5.82 Å². The van der Waals surface area contributed by atoms with Gasteiger partial charge in [-0.2, -0.15) is 10.2 Å². The minimum Gasteiger partial charge on any atom is -0.338 e. The number of hydrogen-bond donors (Lipinski definition) is 1. The molecule has 8 heteroatoms. The second kappa shape index (κ2) is 7.65. The Morgan fingerprint density at radius 3 is 2.78 bits per heavy atom. The van der Waals surface area contributed by atoms with E-state index in [0.717, 1.165) is 76.1 Å². The van der Waals surface area contributed by atoms with Crippen molar-refractivity contribution in [3.63, 3.8) is 0 Å². The van der Waals surface area contributed by atoms with E-state index in [1.54, 1.807) is 0 Å². The highest BCUT2D eigenvalue weighted by Crippen LogP contribution is 2.56. The Hall–Kier alpha value is -4.20. The van der Waals surface area contributed by atoms with Crippen LogP contribution in [0.15, 0.2) is 55.4 Å². The number of amides is 1. The summed E-state index contributed by atoms with van der Waals surface area (Å²) < 4.78 is 4.14. The molecule has 1 aliphatic heterocycles. The Labute approximate surface area is 214 Å². The molecule has 186 valence electrons. The number of benzene rings is 2. The number of rotatable bonds is 4. The van der Waals surface area contributed by atoms with Gasteiger partial charge in [-0.25, -0.2) is 4.98 Å². The van der Waals surface area contributed by atoms with E-state index in [1.165, 1.54) is 11.6 Å². The van der Waals surface area contributed by atoms with Crippen molar-refractivity contribution in [2.75, 3.05) is 13.1 Å². The van der Waals surface area contributed by atoms with Crippen molar-refractivity contribution in [1.82, 2.24) is 34.4 Å². The summed E-state index contributed by atoms with van der Waals surface area (Å²) in [6.07, 6.45) is 7.48. The Morgan fingerprint density at radius 2 is 2.00 bits per heavy atom. The van der Waals surface area contributed by atoms with Gasteiger partial charge in [0.2, 0.25) is 5.91 Å². The zero-order chi connectivity index (χ0) is 25.5. The number of likely N-dealkylation sites (tertiary alicyclic amines) is 1. The first-order chi connectivity index (χ1) is 17.9. The first-order valence-corrected chi connectivity index (χ1v) is 12.7. The van der Waals surface area contributed by atoms with Gasteiger partial charge in [0.05, 0.1) is 28.6 Å². The summed E-state index contributed by atoms with van der Waals surface area (Å²) in [5.74, 6) is 1.50. The van der Waals surface area contributed by atoms with E-state index in [4.69, 9.17) is 4.98 Å². The molecular formula is C29H29N7O. The number of hydrogen-bond acceptors (Lipinski definition) is 4. The van der Waals surface area contributed by atoms with Gasteiger partial charge in [-0.1, -0.05) is 18.7 Å². The van der Waals surface area contributed by atoms with Crippen LogP contribution in [0.4, 0.5) is 0 Å². The molecule has 37 heavy (non-hydrogen) atoms. The Morgan fingerprint density at radius 1 is 1.19 bits per heavy atom. The first-order valence-electron chi connectivity index (χ1n) is 12.7. The van der Waals surface area contributed by atoms with Gasteiger partial charge in [0, 0.05) is 66.6 Å². The van der Waals surface area contributed by atoms with Crippen LogP contribution in [0.3, 0.4) is 0 Å². The molecule has 0 bridgehead atoms. The van der Waals surface area contributed by atoms with Crippen molar-refractivity contribution in [3.05, 3.63) is 66.8 Å². The molecular weight excluding hydrogens is 462 g/mol.